The van der Waals surface area contributed by atoms with E-state index in [0.717, 1.165) is 19.6 Å². The monoisotopic (exact) mass is 277 g/mol. The number of methoxy groups -OCH3 is 1. The van der Waals surface area contributed by atoms with E-state index in [4.69, 9.17) is 4.74 Å². The fraction of sp³-hybridized carbons (Fsp3) is 0.600. The Bertz CT molecular complexity index is 264. The molecule has 0 fully saturated rings. The molecule has 1 rings (SSSR count). The zero-order valence-corrected chi connectivity index (χ0v) is 11.0. The van der Waals surface area contributed by atoms with Crippen LogP contribution in [0, 0.1) is 0 Å². The SMILES string of the molecule is COCCCN[C@@H](C)c1ccc(Br)s1. The lowest BCUT2D eigenvalue weighted by Gasteiger charge is -2.11. The molecule has 0 saturated carbocycles. The van der Waals surface area contributed by atoms with Crippen molar-refractivity contribution in [2.45, 2.75) is 19.4 Å². The first kappa shape index (κ1) is 12.2. The maximum atomic E-state index is 4.99. The van der Waals surface area contributed by atoms with Crippen LogP contribution in [-0.2, 0) is 4.74 Å². The van der Waals surface area contributed by atoms with E-state index >= 15 is 0 Å². The topological polar surface area (TPSA) is 21.3 Å². The van der Waals surface area contributed by atoms with Gasteiger partial charge in [-0.2, -0.15) is 0 Å². The third-order valence-electron chi connectivity index (χ3n) is 2.00. The predicted molar refractivity (Wildman–Crippen MR) is 64.9 cm³/mol. The molecule has 1 aromatic heterocycles. The average Bonchev–Trinajstić information content (AvgIpc) is 2.59. The van der Waals surface area contributed by atoms with E-state index in [2.05, 4.69) is 40.3 Å². The molecule has 1 heterocycles. The highest BCUT2D eigenvalue weighted by atomic mass is 79.9. The molecule has 0 radical (unpaired) electrons. The van der Waals surface area contributed by atoms with Gasteiger partial charge < -0.3 is 10.1 Å². The Hall–Kier alpha value is 0.1000. The van der Waals surface area contributed by atoms with Crippen molar-refractivity contribution >= 4 is 27.3 Å². The molecule has 1 aromatic rings. The Morgan fingerprint density at radius 3 is 2.93 bits per heavy atom. The van der Waals surface area contributed by atoms with Crippen molar-refractivity contribution in [1.82, 2.24) is 5.32 Å². The van der Waals surface area contributed by atoms with E-state index in [9.17, 15) is 0 Å². The zero-order valence-electron chi connectivity index (χ0n) is 8.55. The third kappa shape index (κ3) is 4.09. The van der Waals surface area contributed by atoms with Crippen LogP contribution in [-0.4, -0.2) is 20.3 Å². The Morgan fingerprint density at radius 1 is 1.57 bits per heavy atom. The van der Waals surface area contributed by atoms with Crippen LogP contribution >= 0.6 is 27.3 Å². The number of rotatable bonds is 6. The number of nitrogens with one attached hydrogen (secondary N) is 1. The summed E-state index contributed by atoms with van der Waals surface area (Å²) in [5.41, 5.74) is 0. The molecule has 0 aliphatic heterocycles. The van der Waals surface area contributed by atoms with Crippen molar-refractivity contribution in [1.29, 1.82) is 0 Å². The maximum absolute atomic E-state index is 4.99. The van der Waals surface area contributed by atoms with Crippen LogP contribution < -0.4 is 5.32 Å². The van der Waals surface area contributed by atoms with Crippen molar-refractivity contribution in [2.75, 3.05) is 20.3 Å². The van der Waals surface area contributed by atoms with Crippen LogP contribution in [0.3, 0.4) is 0 Å². The van der Waals surface area contributed by atoms with Gasteiger partial charge in [0, 0.05) is 24.6 Å². The minimum absolute atomic E-state index is 0.433. The van der Waals surface area contributed by atoms with Gasteiger partial charge in [-0.1, -0.05) is 0 Å². The van der Waals surface area contributed by atoms with Gasteiger partial charge >= 0.3 is 0 Å². The second-order valence-corrected chi connectivity index (χ2v) is 5.66. The van der Waals surface area contributed by atoms with Crippen molar-refractivity contribution in [3.63, 3.8) is 0 Å². The van der Waals surface area contributed by atoms with Gasteiger partial charge in [-0.3, -0.25) is 0 Å². The molecule has 0 saturated heterocycles. The van der Waals surface area contributed by atoms with Gasteiger partial charge in [-0.25, -0.2) is 0 Å². The Labute approximate surface area is 97.8 Å². The minimum atomic E-state index is 0.433. The number of hydrogen-bond acceptors (Lipinski definition) is 3. The molecule has 0 amide bonds. The lowest BCUT2D eigenvalue weighted by atomic mass is 10.2. The zero-order chi connectivity index (χ0) is 10.4. The van der Waals surface area contributed by atoms with E-state index < -0.39 is 0 Å². The van der Waals surface area contributed by atoms with Crippen LogP contribution in [0.2, 0.25) is 0 Å². The average molecular weight is 278 g/mol. The van der Waals surface area contributed by atoms with Crippen LogP contribution in [0.15, 0.2) is 15.9 Å². The molecule has 0 unspecified atom stereocenters. The second-order valence-electron chi connectivity index (χ2n) is 3.16. The quantitative estimate of drug-likeness (QED) is 0.807. The van der Waals surface area contributed by atoms with Gasteiger partial charge in [-0.15, -0.1) is 11.3 Å². The van der Waals surface area contributed by atoms with E-state index in [1.165, 1.54) is 8.66 Å². The summed E-state index contributed by atoms with van der Waals surface area (Å²) < 4.78 is 6.18. The minimum Gasteiger partial charge on any atom is -0.385 e. The third-order valence-corrected chi connectivity index (χ3v) is 3.80. The lowest BCUT2D eigenvalue weighted by Crippen LogP contribution is -2.19. The molecule has 0 aromatic carbocycles. The van der Waals surface area contributed by atoms with Gasteiger partial charge in [0.05, 0.1) is 3.79 Å². The van der Waals surface area contributed by atoms with E-state index in [0.29, 0.717) is 6.04 Å². The number of hydrogen-bond donors (Lipinski definition) is 1. The molecule has 2 nitrogen and oxygen atoms in total. The van der Waals surface area contributed by atoms with E-state index in [1.807, 2.05) is 0 Å². The summed E-state index contributed by atoms with van der Waals surface area (Å²) in [7, 11) is 1.74. The molecule has 0 aliphatic carbocycles. The molecule has 80 valence electrons. The van der Waals surface area contributed by atoms with Gasteiger partial charge in [0.1, 0.15) is 0 Å². The Morgan fingerprint density at radius 2 is 2.36 bits per heavy atom. The molecule has 0 bridgehead atoms. The lowest BCUT2D eigenvalue weighted by molar-refractivity contribution is 0.193. The van der Waals surface area contributed by atoms with Crippen LogP contribution in [0.5, 0.6) is 0 Å². The highest BCUT2D eigenvalue weighted by Gasteiger charge is 2.06. The highest BCUT2D eigenvalue weighted by molar-refractivity contribution is 9.11. The standard InChI is InChI=1S/C10H16BrNOS/c1-8(12-6-3-7-13-2)9-4-5-10(11)14-9/h4-5,8,12H,3,6-7H2,1-2H3/t8-/m0/s1. The summed E-state index contributed by atoms with van der Waals surface area (Å²) in [5.74, 6) is 0. The fourth-order valence-electron chi connectivity index (χ4n) is 1.20. The van der Waals surface area contributed by atoms with Crippen LogP contribution in [0.4, 0.5) is 0 Å². The number of halogens is 1. The summed E-state index contributed by atoms with van der Waals surface area (Å²) in [6.45, 7) is 4.02. The first-order valence-electron chi connectivity index (χ1n) is 4.71. The van der Waals surface area contributed by atoms with Crippen molar-refractivity contribution in [3.8, 4) is 0 Å². The molecular weight excluding hydrogens is 262 g/mol. The van der Waals surface area contributed by atoms with Crippen LogP contribution in [0.1, 0.15) is 24.3 Å². The number of ether oxygens (including phenoxy) is 1. The van der Waals surface area contributed by atoms with Crippen molar-refractivity contribution in [2.24, 2.45) is 0 Å². The van der Waals surface area contributed by atoms with Gasteiger partial charge in [0.2, 0.25) is 0 Å². The molecule has 0 aliphatic rings. The first-order chi connectivity index (χ1) is 6.74. The number of thiophene rings is 1. The summed E-state index contributed by atoms with van der Waals surface area (Å²) in [6.07, 6.45) is 1.06. The molecule has 1 N–H and O–H groups in total. The van der Waals surface area contributed by atoms with E-state index in [-0.39, 0.29) is 0 Å². The predicted octanol–water partition coefficient (Wildman–Crippen LogP) is 3.20. The smallest absolute Gasteiger partial charge is 0.0701 e. The summed E-state index contributed by atoms with van der Waals surface area (Å²) >= 11 is 5.25. The van der Waals surface area contributed by atoms with Crippen molar-refractivity contribution < 1.29 is 4.74 Å². The van der Waals surface area contributed by atoms with E-state index in [1.54, 1.807) is 18.4 Å². The highest BCUT2D eigenvalue weighted by Crippen LogP contribution is 2.26. The molecule has 1 atom stereocenters. The Kier molecular flexibility index (Phi) is 5.70. The van der Waals surface area contributed by atoms with Gasteiger partial charge in [0.25, 0.3) is 0 Å². The summed E-state index contributed by atoms with van der Waals surface area (Å²) in [6, 6.07) is 4.68. The largest absolute Gasteiger partial charge is 0.385 e. The molecule has 0 spiro atoms. The Balaban J connectivity index is 2.25. The van der Waals surface area contributed by atoms with Gasteiger partial charge in [-0.05, 0) is 48.0 Å². The van der Waals surface area contributed by atoms with Crippen molar-refractivity contribution in [3.05, 3.63) is 20.8 Å². The molecule has 4 heteroatoms. The first-order valence-corrected chi connectivity index (χ1v) is 6.32. The molecule has 14 heavy (non-hydrogen) atoms. The summed E-state index contributed by atoms with van der Waals surface area (Å²) in [4.78, 5) is 1.37. The molecular formula is C10H16BrNOS. The summed E-state index contributed by atoms with van der Waals surface area (Å²) in [5, 5.41) is 3.46. The normalized spacial score (nSPS) is 13.1. The second kappa shape index (κ2) is 6.56. The maximum Gasteiger partial charge on any atom is 0.0701 e. The van der Waals surface area contributed by atoms with Crippen LogP contribution in [0.25, 0.3) is 0 Å². The van der Waals surface area contributed by atoms with Gasteiger partial charge in [0.15, 0.2) is 0 Å². The fourth-order valence-corrected chi connectivity index (χ4v) is 2.65.